The number of ether oxygens (including phenoxy) is 1. The first-order chi connectivity index (χ1) is 10.7. The molecule has 0 saturated heterocycles. The molecule has 6 heteroatoms. The Kier molecular flexibility index (Phi) is 5.69. The number of rotatable bonds is 5. The van der Waals surface area contributed by atoms with Crippen LogP contribution >= 0.6 is 15.9 Å². The number of hydrogen-bond donors (Lipinski definition) is 1. The van der Waals surface area contributed by atoms with Crippen LogP contribution in [0, 0.1) is 11.3 Å². The third kappa shape index (κ3) is 5.04. The second-order valence-corrected chi connectivity index (χ2v) is 5.19. The number of nitrogens with zero attached hydrogens (tertiary/aromatic N) is 2. The van der Waals surface area contributed by atoms with Crippen molar-refractivity contribution in [3.63, 3.8) is 0 Å². The molecule has 0 unspecified atom stereocenters. The summed E-state index contributed by atoms with van der Waals surface area (Å²) in [4.78, 5) is 11.6. The summed E-state index contributed by atoms with van der Waals surface area (Å²) in [6, 6.07) is 16.1. The van der Waals surface area contributed by atoms with Crippen LogP contribution in [0.1, 0.15) is 11.1 Å². The van der Waals surface area contributed by atoms with Gasteiger partial charge in [-0.2, -0.15) is 10.4 Å². The van der Waals surface area contributed by atoms with E-state index in [9.17, 15) is 4.79 Å². The van der Waals surface area contributed by atoms with Crippen molar-refractivity contribution < 1.29 is 9.53 Å². The first-order valence-corrected chi connectivity index (χ1v) is 7.17. The van der Waals surface area contributed by atoms with Crippen molar-refractivity contribution in [2.24, 2.45) is 5.10 Å². The molecule has 0 atom stereocenters. The molecule has 0 fully saturated rings. The van der Waals surface area contributed by atoms with E-state index in [1.54, 1.807) is 30.5 Å². The number of nitrogens with one attached hydrogen (secondary N) is 1. The molecule has 1 N–H and O–H groups in total. The fourth-order valence-electron chi connectivity index (χ4n) is 1.57. The van der Waals surface area contributed by atoms with E-state index < -0.39 is 0 Å². The predicted octanol–water partition coefficient (Wildman–Crippen LogP) is 2.85. The van der Waals surface area contributed by atoms with E-state index in [1.807, 2.05) is 30.3 Å². The molecule has 0 radical (unpaired) electrons. The number of amides is 1. The molecule has 2 rings (SSSR count). The van der Waals surface area contributed by atoms with Gasteiger partial charge in [0.25, 0.3) is 5.91 Å². The van der Waals surface area contributed by atoms with Crippen LogP contribution in [0.3, 0.4) is 0 Å². The zero-order chi connectivity index (χ0) is 15.8. The molecule has 5 nitrogen and oxygen atoms in total. The molecule has 1 amide bonds. The van der Waals surface area contributed by atoms with E-state index in [2.05, 4.69) is 26.5 Å². The molecule has 22 heavy (non-hydrogen) atoms. The molecule has 0 bridgehead atoms. The summed E-state index contributed by atoms with van der Waals surface area (Å²) < 4.78 is 6.22. The summed E-state index contributed by atoms with van der Waals surface area (Å²) in [6.07, 6.45) is 1.55. The SMILES string of the molecule is N#Cc1ccc(OCC(=O)N/N=C\c2cccc(Br)c2)cc1. The molecule has 0 aliphatic heterocycles. The number of hydrogen-bond acceptors (Lipinski definition) is 4. The van der Waals surface area contributed by atoms with Gasteiger partial charge in [0, 0.05) is 4.47 Å². The maximum absolute atomic E-state index is 11.6. The van der Waals surface area contributed by atoms with Gasteiger partial charge in [-0.3, -0.25) is 4.79 Å². The van der Waals surface area contributed by atoms with Gasteiger partial charge in [-0.05, 0) is 42.0 Å². The normalized spacial score (nSPS) is 10.2. The van der Waals surface area contributed by atoms with E-state index in [0.717, 1.165) is 10.0 Å². The average molecular weight is 358 g/mol. The lowest BCUT2D eigenvalue weighted by atomic mass is 10.2. The Morgan fingerprint density at radius 3 is 2.77 bits per heavy atom. The Balaban J connectivity index is 1.79. The third-order valence-electron chi connectivity index (χ3n) is 2.60. The Hall–Kier alpha value is -2.65. The van der Waals surface area contributed by atoms with E-state index in [4.69, 9.17) is 10.00 Å². The Morgan fingerprint density at radius 1 is 1.32 bits per heavy atom. The zero-order valence-electron chi connectivity index (χ0n) is 11.5. The largest absolute Gasteiger partial charge is 0.484 e. The van der Waals surface area contributed by atoms with Gasteiger partial charge in [-0.25, -0.2) is 5.43 Å². The minimum atomic E-state index is -0.365. The van der Waals surface area contributed by atoms with Gasteiger partial charge >= 0.3 is 0 Å². The van der Waals surface area contributed by atoms with E-state index >= 15 is 0 Å². The lowest BCUT2D eigenvalue weighted by Crippen LogP contribution is -2.24. The van der Waals surface area contributed by atoms with Gasteiger partial charge in [0.2, 0.25) is 0 Å². The van der Waals surface area contributed by atoms with Crippen LogP contribution in [0.25, 0.3) is 0 Å². The number of hydrazone groups is 1. The van der Waals surface area contributed by atoms with Gasteiger partial charge in [-0.1, -0.05) is 28.1 Å². The van der Waals surface area contributed by atoms with Crippen molar-refractivity contribution in [3.05, 3.63) is 64.1 Å². The average Bonchev–Trinajstić information content (AvgIpc) is 2.53. The van der Waals surface area contributed by atoms with Gasteiger partial charge in [-0.15, -0.1) is 0 Å². The number of carbonyl (C=O) groups excluding carboxylic acids is 1. The minimum absolute atomic E-state index is 0.151. The van der Waals surface area contributed by atoms with Crippen molar-refractivity contribution in [1.29, 1.82) is 5.26 Å². The van der Waals surface area contributed by atoms with Crippen molar-refractivity contribution in [2.75, 3.05) is 6.61 Å². The maximum atomic E-state index is 11.6. The van der Waals surface area contributed by atoms with Gasteiger partial charge in [0.15, 0.2) is 6.61 Å². The predicted molar refractivity (Wildman–Crippen MR) is 86.5 cm³/mol. The summed E-state index contributed by atoms with van der Waals surface area (Å²) in [5, 5.41) is 12.5. The Bertz CT molecular complexity index is 721. The van der Waals surface area contributed by atoms with Crippen LogP contribution in [0.2, 0.25) is 0 Å². The lowest BCUT2D eigenvalue weighted by molar-refractivity contribution is -0.123. The quantitative estimate of drug-likeness (QED) is 0.660. The Labute approximate surface area is 136 Å². The molecule has 0 aliphatic carbocycles. The summed E-state index contributed by atoms with van der Waals surface area (Å²) in [6.45, 7) is -0.151. The summed E-state index contributed by atoms with van der Waals surface area (Å²) >= 11 is 3.35. The standard InChI is InChI=1S/C16H12BrN3O2/c17-14-3-1-2-13(8-14)10-19-20-16(21)11-22-15-6-4-12(9-18)5-7-15/h1-8,10H,11H2,(H,20,21)/b19-10-. The Morgan fingerprint density at radius 2 is 2.09 bits per heavy atom. The molecule has 0 heterocycles. The second-order valence-electron chi connectivity index (χ2n) is 4.27. The van der Waals surface area contributed by atoms with Crippen molar-refractivity contribution in [3.8, 4) is 11.8 Å². The smallest absolute Gasteiger partial charge is 0.277 e. The molecule has 0 saturated carbocycles. The summed E-state index contributed by atoms with van der Waals surface area (Å²) in [5.74, 6) is 0.153. The molecule has 0 aliphatic rings. The molecule has 0 aromatic heterocycles. The van der Waals surface area contributed by atoms with Crippen LogP contribution in [0.15, 0.2) is 58.1 Å². The highest BCUT2D eigenvalue weighted by Gasteiger charge is 2.01. The van der Waals surface area contributed by atoms with Crippen LogP contribution in [-0.2, 0) is 4.79 Å². The van der Waals surface area contributed by atoms with Crippen molar-refractivity contribution >= 4 is 28.1 Å². The maximum Gasteiger partial charge on any atom is 0.277 e. The summed E-state index contributed by atoms with van der Waals surface area (Å²) in [5.41, 5.74) is 3.78. The second kappa shape index (κ2) is 7.96. The third-order valence-corrected chi connectivity index (χ3v) is 3.10. The van der Waals surface area contributed by atoms with Crippen molar-refractivity contribution in [1.82, 2.24) is 5.43 Å². The van der Waals surface area contributed by atoms with E-state index in [0.29, 0.717) is 11.3 Å². The van der Waals surface area contributed by atoms with E-state index in [-0.39, 0.29) is 12.5 Å². The van der Waals surface area contributed by atoms with Gasteiger partial charge in [0.1, 0.15) is 5.75 Å². The highest BCUT2D eigenvalue weighted by atomic mass is 79.9. The highest BCUT2D eigenvalue weighted by molar-refractivity contribution is 9.10. The van der Waals surface area contributed by atoms with Gasteiger partial charge < -0.3 is 4.74 Å². The first-order valence-electron chi connectivity index (χ1n) is 6.38. The number of benzene rings is 2. The van der Waals surface area contributed by atoms with Crippen LogP contribution < -0.4 is 10.2 Å². The fraction of sp³-hybridized carbons (Fsp3) is 0.0625. The monoisotopic (exact) mass is 357 g/mol. The van der Waals surface area contributed by atoms with Crippen molar-refractivity contribution in [2.45, 2.75) is 0 Å². The fourth-order valence-corrected chi connectivity index (χ4v) is 1.99. The van der Waals surface area contributed by atoms with Crippen LogP contribution in [0.5, 0.6) is 5.75 Å². The molecule has 0 spiro atoms. The topological polar surface area (TPSA) is 74.5 Å². The zero-order valence-corrected chi connectivity index (χ0v) is 13.1. The van der Waals surface area contributed by atoms with Crippen LogP contribution in [-0.4, -0.2) is 18.7 Å². The molecule has 110 valence electrons. The van der Waals surface area contributed by atoms with E-state index in [1.165, 1.54) is 0 Å². The highest BCUT2D eigenvalue weighted by Crippen LogP contribution is 2.11. The number of carbonyl (C=O) groups is 1. The number of halogens is 1. The molecule has 2 aromatic rings. The molecular formula is C16H12BrN3O2. The van der Waals surface area contributed by atoms with Gasteiger partial charge in [0.05, 0.1) is 17.8 Å². The number of nitriles is 1. The molecule has 2 aromatic carbocycles. The summed E-state index contributed by atoms with van der Waals surface area (Å²) in [7, 11) is 0. The van der Waals surface area contributed by atoms with Crippen LogP contribution in [0.4, 0.5) is 0 Å². The minimum Gasteiger partial charge on any atom is -0.484 e. The first kappa shape index (κ1) is 15.7. The molecular weight excluding hydrogens is 346 g/mol. The lowest BCUT2D eigenvalue weighted by Gasteiger charge is -2.04.